The Bertz CT molecular complexity index is 1320. The molecule has 0 N–H and O–H groups in total. The third-order valence-corrected chi connectivity index (χ3v) is 5.32. The number of hydrogen-bond acceptors (Lipinski definition) is 7. The number of halogens is 1. The van der Waals surface area contributed by atoms with Crippen LogP contribution < -0.4 is 9.47 Å². The summed E-state index contributed by atoms with van der Waals surface area (Å²) in [6.45, 7) is 2.65. The Morgan fingerprint density at radius 2 is 1.89 bits per heavy atom. The largest absolute Gasteiger partial charge is 0.490 e. The van der Waals surface area contributed by atoms with Crippen molar-refractivity contribution in [2.24, 2.45) is 4.99 Å². The Kier molecular flexibility index (Phi) is 7.42. The fourth-order valence-corrected chi connectivity index (χ4v) is 3.71. The normalized spacial score (nSPS) is 13.9. The van der Waals surface area contributed by atoms with Crippen LogP contribution in [0.15, 0.2) is 77.4 Å². The lowest BCUT2D eigenvalue weighted by atomic mass is 10.1. The molecule has 0 aromatic heterocycles. The van der Waals surface area contributed by atoms with Crippen molar-refractivity contribution in [3.63, 3.8) is 0 Å². The molecule has 0 atom stereocenters. The molecule has 1 aliphatic rings. The van der Waals surface area contributed by atoms with Gasteiger partial charge in [0.1, 0.15) is 0 Å². The van der Waals surface area contributed by atoms with Gasteiger partial charge < -0.3 is 14.2 Å². The van der Waals surface area contributed by atoms with E-state index in [4.69, 9.17) is 25.8 Å². The van der Waals surface area contributed by atoms with Gasteiger partial charge in [-0.05, 0) is 42.3 Å². The van der Waals surface area contributed by atoms with E-state index in [9.17, 15) is 14.9 Å². The predicted octanol–water partition coefficient (Wildman–Crippen LogP) is 5.61. The number of ether oxygens (including phenoxy) is 3. The molecule has 0 aliphatic carbocycles. The number of nitro benzene ring substituents is 1. The maximum Gasteiger partial charge on any atom is 0.363 e. The molecule has 0 unspecified atom stereocenters. The summed E-state index contributed by atoms with van der Waals surface area (Å²) in [5.41, 5.74) is 1.92. The SMILES string of the molecule is CCOc1cc(/C=C2\N=C(c3cccc([N+](=O)[O-])c3)OC2=O)cc(Cl)c1OCCc1ccccc1. The van der Waals surface area contributed by atoms with Crippen LogP contribution in [0.3, 0.4) is 0 Å². The first-order valence-electron chi connectivity index (χ1n) is 10.8. The molecule has 0 radical (unpaired) electrons. The topological polar surface area (TPSA) is 100 Å². The minimum absolute atomic E-state index is 0.0121. The van der Waals surface area contributed by atoms with Crippen LogP contribution in [-0.4, -0.2) is 30.0 Å². The summed E-state index contributed by atoms with van der Waals surface area (Å²) in [5, 5.41) is 11.4. The van der Waals surface area contributed by atoms with Crippen LogP contribution in [0.1, 0.15) is 23.6 Å². The van der Waals surface area contributed by atoms with Gasteiger partial charge in [0.05, 0.1) is 23.2 Å². The Balaban J connectivity index is 1.57. The fourth-order valence-electron chi connectivity index (χ4n) is 3.43. The second-order valence-corrected chi connectivity index (χ2v) is 7.90. The molecule has 0 saturated heterocycles. The summed E-state index contributed by atoms with van der Waals surface area (Å²) in [6.07, 6.45) is 2.21. The summed E-state index contributed by atoms with van der Waals surface area (Å²) < 4.78 is 16.9. The van der Waals surface area contributed by atoms with Crippen LogP contribution >= 0.6 is 11.6 Å². The zero-order valence-electron chi connectivity index (χ0n) is 18.8. The molecule has 1 aliphatic heterocycles. The molecule has 0 fully saturated rings. The van der Waals surface area contributed by atoms with Crippen molar-refractivity contribution in [2.45, 2.75) is 13.3 Å². The second-order valence-electron chi connectivity index (χ2n) is 7.49. The summed E-state index contributed by atoms with van der Waals surface area (Å²) in [5.74, 6) is 0.168. The third-order valence-electron chi connectivity index (χ3n) is 5.04. The average Bonchev–Trinajstić information content (AvgIpc) is 3.21. The first kappa shape index (κ1) is 24.0. The van der Waals surface area contributed by atoms with E-state index in [0.29, 0.717) is 47.3 Å². The van der Waals surface area contributed by atoms with E-state index < -0.39 is 10.9 Å². The second kappa shape index (κ2) is 10.8. The highest BCUT2D eigenvalue weighted by molar-refractivity contribution is 6.32. The molecule has 0 bridgehead atoms. The summed E-state index contributed by atoms with van der Waals surface area (Å²) >= 11 is 6.50. The molecular weight excluding hydrogens is 472 g/mol. The lowest BCUT2D eigenvalue weighted by molar-refractivity contribution is -0.384. The van der Waals surface area contributed by atoms with Gasteiger partial charge in [0.25, 0.3) is 5.69 Å². The van der Waals surface area contributed by atoms with E-state index in [1.807, 2.05) is 37.3 Å². The van der Waals surface area contributed by atoms with Gasteiger partial charge in [-0.25, -0.2) is 9.79 Å². The molecule has 178 valence electrons. The molecule has 3 aromatic carbocycles. The maximum atomic E-state index is 12.4. The highest BCUT2D eigenvalue weighted by Gasteiger charge is 2.25. The minimum atomic E-state index is -0.677. The number of nitro groups is 1. The number of esters is 1. The number of hydrogen-bond donors (Lipinski definition) is 0. The smallest absolute Gasteiger partial charge is 0.363 e. The summed E-state index contributed by atoms with van der Waals surface area (Å²) in [4.78, 5) is 27.1. The van der Waals surface area contributed by atoms with Gasteiger partial charge in [-0.3, -0.25) is 10.1 Å². The quantitative estimate of drug-likeness (QED) is 0.166. The van der Waals surface area contributed by atoms with Gasteiger partial charge in [-0.2, -0.15) is 0 Å². The molecule has 4 rings (SSSR count). The third kappa shape index (κ3) is 5.85. The van der Waals surface area contributed by atoms with Gasteiger partial charge in [0.2, 0.25) is 5.90 Å². The zero-order valence-corrected chi connectivity index (χ0v) is 19.5. The number of aliphatic imine (C=N–C) groups is 1. The first-order chi connectivity index (χ1) is 16.9. The molecule has 0 spiro atoms. The molecule has 0 amide bonds. The van der Waals surface area contributed by atoms with Crippen LogP contribution in [0, 0.1) is 10.1 Å². The molecule has 8 nitrogen and oxygen atoms in total. The van der Waals surface area contributed by atoms with E-state index in [0.717, 1.165) is 5.56 Å². The Hall–Kier alpha value is -4.17. The highest BCUT2D eigenvalue weighted by atomic mass is 35.5. The Morgan fingerprint density at radius 1 is 1.09 bits per heavy atom. The Morgan fingerprint density at radius 3 is 2.63 bits per heavy atom. The predicted molar refractivity (Wildman–Crippen MR) is 132 cm³/mol. The molecule has 1 heterocycles. The van der Waals surface area contributed by atoms with Crippen LogP contribution in [0.4, 0.5) is 5.69 Å². The van der Waals surface area contributed by atoms with Gasteiger partial charge in [0, 0.05) is 24.1 Å². The fraction of sp³-hybridized carbons (Fsp3) is 0.154. The molecule has 3 aromatic rings. The number of carbonyl (C=O) groups excluding carboxylic acids is 1. The van der Waals surface area contributed by atoms with Crippen LogP contribution in [0.5, 0.6) is 11.5 Å². The van der Waals surface area contributed by atoms with Gasteiger partial charge in [-0.15, -0.1) is 0 Å². The molecule has 35 heavy (non-hydrogen) atoms. The first-order valence-corrected chi connectivity index (χ1v) is 11.2. The number of carbonyl (C=O) groups is 1. The van der Waals surface area contributed by atoms with Crippen LogP contribution in [0.2, 0.25) is 5.02 Å². The monoisotopic (exact) mass is 492 g/mol. The number of non-ortho nitro benzene ring substituents is 1. The van der Waals surface area contributed by atoms with Gasteiger partial charge in [0.15, 0.2) is 17.2 Å². The molecular formula is C26H21ClN2O6. The number of nitrogens with zero attached hydrogens (tertiary/aromatic N) is 2. The lowest BCUT2D eigenvalue weighted by Gasteiger charge is -2.14. The van der Waals surface area contributed by atoms with Crippen molar-refractivity contribution in [1.82, 2.24) is 0 Å². The van der Waals surface area contributed by atoms with Crippen LogP contribution in [-0.2, 0) is 16.0 Å². The van der Waals surface area contributed by atoms with E-state index in [-0.39, 0.29) is 17.3 Å². The van der Waals surface area contributed by atoms with Crippen molar-refractivity contribution in [3.8, 4) is 11.5 Å². The Labute approximate surface area is 206 Å². The van der Waals surface area contributed by atoms with Crippen molar-refractivity contribution < 1.29 is 23.9 Å². The number of benzene rings is 3. The van der Waals surface area contributed by atoms with Crippen molar-refractivity contribution >= 4 is 35.2 Å². The minimum Gasteiger partial charge on any atom is -0.490 e. The van der Waals surface area contributed by atoms with Crippen molar-refractivity contribution in [3.05, 3.63) is 104 Å². The maximum absolute atomic E-state index is 12.4. The summed E-state index contributed by atoms with van der Waals surface area (Å²) in [7, 11) is 0. The average molecular weight is 493 g/mol. The standard InChI is InChI=1S/C26H21ClN2O6/c1-2-33-23-15-18(13-21(27)24(23)34-12-11-17-7-4-3-5-8-17)14-22-26(30)35-25(28-22)19-9-6-10-20(16-19)29(31)32/h3-10,13-16H,2,11-12H2,1H3/b22-14-. The van der Waals surface area contributed by atoms with Gasteiger partial charge in [-0.1, -0.05) is 48.0 Å². The van der Waals surface area contributed by atoms with E-state index >= 15 is 0 Å². The molecule has 9 heteroatoms. The van der Waals surface area contributed by atoms with Crippen LogP contribution in [0.25, 0.3) is 6.08 Å². The van der Waals surface area contributed by atoms with E-state index in [2.05, 4.69) is 4.99 Å². The number of rotatable bonds is 9. The lowest BCUT2D eigenvalue weighted by Crippen LogP contribution is -2.06. The van der Waals surface area contributed by atoms with Gasteiger partial charge >= 0.3 is 5.97 Å². The van der Waals surface area contributed by atoms with Crippen molar-refractivity contribution in [1.29, 1.82) is 0 Å². The molecule has 0 saturated carbocycles. The van der Waals surface area contributed by atoms with Crippen molar-refractivity contribution in [2.75, 3.05) is 13.2 Å². The zero-order chi connectivity index (χ0) is 24.8. The van der Waals surface area contributed by atoms with E-state index in [1.54, 1.807) is 18.2 Å². The number of cyclic esters (lactones) is 1. The van der Waals surface area contributed by atoms with E-state index in [1.165, 1.54) is 24.3 Å². The highest BCUT2D eigenvalue weighted by Crippen LogP contribution is 2.38. The summed E-state index contributed by atoms with van der Waals surface area (Å²) in [6, 6.07) is 19.0.